The molecule has 0 spiro atoms. The molecule has 0 aliphatic heterocycles. The van der Waals surface area contributed by atoms with Crippen molar-refractivity contribution in [3.63, 3.8) is 0 Å². The molecule has 0 radical (unpaired) electrons. The molecule has 0 N–H and O–H groups in total. The normalized spacial score (nSPS) is 11.1. The first-order valence-corrected chi connectivity index (χ1v) is 7.15. The number of thiazole rings is 1. The Morgan fingerprint density at radius 1 is 1.00 bits per heavy atom. The van der Waals surface area contributed by atoms with Gasteiger partial charge in [0.2, 0.25) is 0 Å². The highest BCUT2D eigenvalue weighted by Gasteiger charge is 2.03. The highest BCUT2D eigenvalue weighted by Crippen LogP contribution is 2.27. The van der Waals surface area contributed by atoms with Gasteiger partial charge in [0.25, 0.3) is 0 Å². The molecule has 3 rings (SSSR count). The van der Waals surface area contributed by atoms with Crippen molar-refractivity contribution in [1.29, 1.82) is 0 Å². The Bertz CT molecular complexity index is 715. The fraction of sp³-hybridized carbons (Fsp3) is 0.0625. The number of aryl methyl sites for hydroxylation is 1. The highest BCUT2D eigenvalue weighted by atomic mass is 32.1. The second-order valence-electron chi connectivity index (χ2n) is 4.35. The predicted molar refractivity (Wildman–Crippen MR) is 83.2 cm³/mol. The molecule has 0 saturated heterocycles. The Hall–Kier alpha value is -2.33. The molecule has 3 aromatic rings. The van der Waals surface area contributed by atoms with Gasteiger partial charge in [0.1, 0.15) is 0 Å². The summed E-state index contributed by atoms with van der Waals surface area (Å²) in [6.45, 7) is 2.04. The van der Waals surface area contributed by atoms with Crippen LogP contribution >= 0.6 is 11.3 Å². The smallest absolute Gasteiger partial charge is 0.0813 e. The highest BCUT2D eigenvalue weighted by molar-refractivity contribution is 7.13. The van der Waals surface area contributed by atoms with Gasteiger partial charge in [-0.05, 0) is 24.1 Å². The average Bonchev–Trinajstić information content (AvgIpc) is 2.93. The van der Waals surface area contributed by atoms with E-state index in [2.05, 4.69) is 39.2 Å². The summed E-state index contributed by atoms with van der Waals surface area (Å²) in [5.41, 5.74) is 6.17. The summed E-state index contributed by atoms with van der Waals surface area (Å²) in [4.78, 5) is 13.8. The van der Waals surface area contributed by atoms with E-state index in [1.54, 1.807) is 29.9 Å². The van der Waals surface area contributed by atoms with Crippen LogP contribution in [0, 0.1) is 6.92 Å². The van der Waals surface area contributed by atoms with Crippen LogP contribution in [-0.2, 0) is 0 Å². The molecule has 0 aliphatic rings. The Kier molecular flexibility index (Phi) is 3.65. The monoisotopic (exact) mass is 279 g/mol. The number of aromatic nitrogens is 3. The number of hydrogen-bond acceptors (Lipinski definition) is 4. The maximum Gasteiger partial charge on any atom is 0.0813 e. The van der Waals surface area contributed by atoms with Gasteiger partial charge in [-0.25, -0.2) is 4.98 Å². The summed E-state index contributed by atoms with van der Waals surface area (Å²) in [6, 6.07) is 8.44. The lowest BCUT2D eigenvalue weighted by Crippen LogP contribution is -1.81. The number of benzene rings is 1. The summed E-state index contributed by atoms with van der Waals surface area (Å²) in [5, 5.41) is 0. The minimum absolute atomic E-state index is 0.856. The van der Waals surface area contributed by atoms with Crippen LogP contribution in [0.1, 0.15) is 17.0 Å². The minimum Gasteiger partial charge on any atom is -0.261 e. The van der Waals surface area contributed by atoms with E-state index in [1.807, 2.05) is 24.6 Å². The molecule has 20 heavy (non-hydrogen) atoms. The maximum atomic E-state index is 4.28. The first kappa shape index (κ1) is 12.7. The summed E-state index contributed by atoms with van der Waals surface area (Å²) in [5.74, 6) is 0. The van der Waals surface area contributed by atoms with Gasteiger partial charge in [-0.2, -0.15) is 0 Å². The largest absolute Gasteiger partial charge is 0.261 e. The molecule has 3 nitrogen and oxygen atoms in total. The van der Waals surface area contributed by atoms with Crippen LogP contribution in [0.3, 0.4) is 0 Å². The molecule has 1 aromatic carbocycles. The quantitative estimate of drug-likeness (QED) is 0.725. The lowest BCUT2D eigenvalue weighted by molar-refractivity contribution is 1.18. The first-order chi connectivity index (χ1) is 9.83. The number of nitrogens with zero attached hydrogens (tertiary/aromatic N) is 3. The first-order valence-electron chi connectivity index (χ1n) is 6.27. The van der Waals surface area contributed by atoms with E-state index in [1.165, 1.54) is 10.4 Å². The van der Waals surface area contributed by atoms with E-state index in [0.29, 0.717) is 0 Å². The fourth-order valence-electron chi connectivity index (χ4n) is 1.90. The molecule has 0 atom stereocenters. The van der Waals surface area contributed by atoms with Crippen molar-refractivity contribution in [3.8, 4) is 10.4 Å². The second-order valence-corrected chi connectivity index (χ2v) is 5.21. The van der Waals surface area contributed by atoms with Gasteiger partial charge in [-0.15, -0.1) is 11.3 Å². The summed E-state index contributed by atoms with van der Waals surface area (Å²) in [6.07, 6.45) is 9.09. The van der Waals surface area contributed by atoms with Crippen molar-refractivity contribution < 1.29 is 0 Å². The van der Waals surface area contributed by atoms with Crippen molar-refractivity contribution in [3.05, 3.63) is 65.3 Å². The SMILES string of the molecule is Cc1ncsc1-c1ccc(/C=C/c2cnccn2)cc1. The molecule has 0 amide bonds. The molecule has 2 aromatic heterocycles. The van der Waals surface area contributed by atoms with Crippen LogP contribution < -0.4 is 0 Å². The van der Waals surface area contributed by atoms with Crippen LogP contribution in [0.5, 0.6) is 0 Å². The van der Waals surface area contributed by atoms with Crippen molar-refractivity contribution in [1.82, 2.24) is 15.0 Å². The molecular weight excluding hydrogens is 266 g/mol. The third-order valence-corrected chi connectivity index (χ3v) is 3.93. The third kappa shape index (κ3) is 2.81. The Labute approximate surface area is 121 Å². The Morgan fingerprint density at radius 2 is 1.85 bits per heavy atom. The summed E-state index contributed by atoms with van der Waals surface area (Å²) < 4.78 is 0. The zero-order chi connectivity index (χ0) is 13.8. The van der Waals surface area contributed by atoms with E-state index in [0.717, 1.165) is 17.0 Å². The van der Waals surface area contributed by atoms with Gasteiger partial charge in [0.05, 0.1) is 28.0 Å². The van der Waals surface area contributed by atoms with Crippen LogP contribution in [0.25, 0.3) is 22.6 Å². The summed E-state index contributed by atoms with van der Waals surface area (Å²) >= 11 is 1.67. The predicted octanol–water partition coefficient (Wildman–Crippen LogP) is 4.08. The van der Waals surface area contributed by atoms with Gasteiger partial charge < -0.3 is 0 Å². The van der Waals surface area contributed by atoms with Crippen molar-refractivity contribution >= 4 is 23.5 Å². The lowest BCUT2D eigenvalue weighted by atomic mass is 10.1. The molecule has 0 bridgehead atoms. The van der Waals surface area contributed by atoms with Gasteiger partial charge in [-0.1, -0.05) is 30.3 Å². The van der Waals surface area contributed by atoms with Gasteiger partial charge >= 0.3 is 0 Å². The fourth-order valence-corrected chi connectivity index (χ4v) is 2.71. The zero-order valence-electron chi connectivity index (χ0n) is 11.0. The van der Waals surface area contributed by atoms with E-state index in [9.17, 15) is 0 Å². The Morgan fingerprint density at radius 3 is 2.50 bits per heavy atom. The number of hydrogen-bond donors (Lipinski definition) is 0. The summed E-state index contributed by atoms with van der Waals surface area (Å²) in [7, 11) is 0. The van der Waals surface area contributed by atoms with Crippen LogP contribution in [0.4, 0.5) is 0 Å². The lowest BCUT2D eigenvalue weighted by Gasteiger charge is -2.00. The Balaban J connectivity index is 1.80. The maximum absolute atomic E-state index is 4.28. The molecule has 0 unspecified atom stereocenters. The molecule has 98 valence electrons. The number of rotatable bonds is 3. The molecular formula is C16H13N3S. The molecule has 4 heteroatoms. The molecule has 0 fully saturated rings. The van der Waals surface area contributed by atoms with Crippen molar-refractivity contribution in [2.75, 3.05) is 0 Å². The van der Waals surface area contributed by atoms with Crippen LogP contribution in [-0.4, -0.2) is 15.0 Å². The molecule has 2 heterocycles. The van der Waals surface area contributed by atoms with E-state index < -0.39 is 0 Å². The van der Waals surface area contributed by atoms with Gasteiger partial charge in [0, 0.05) is 12.4 Å². The van der Waals surface area contributed by atoms with E-state index >= 15 is 0 Å². The van der Waals surface area contributed by atoms with Crippen molar-refractivity contribution in [2.45, 2.75) is 6.92 Å². The second kappa shape index (κ2) is 5.75. The van der Waals surface area contributed by atoms with Gasteiger partial charge in [-0.3, -0.25) is 9.97 Å². The van der Waals surface area contributed by atoms with Crippen LogP contribution in [0.15, 0.2) is 48.4 Å². The van der Waals surface area contributed by atoms with E-state index in [4.69, 9.17) is 0 Å². The zero-order valence-corrected chi connectivity index (χ0v) is 11.8. The van der Waals surface area contributed by atoms with Crippen LogP contribution in [0.2, 0.25) is 0 Å². The molecule has 0 aliphatic carbocycles. The van der Waals surface area contributed by atoms with Crippen molar-refractivity contribution in [2.24, 2.45) is 0 Å². The topological polar surface area (TPSA) is 38.7 Å². The van der Waals surface area contributed by atoms with E-state index in [-0.39, 0.29) is 0 Å². The van der Waals surface area contributed by atoms with Gasteiger partial charge in [0.15, 0.2) is 0 Å². The standard InChI is InChI=1S/C16H13N3S/c1-12-16(20-11-19-12)14-5-2-13(3-6-14)4-7-15-10-17-8-9-18-15/h2-11H,1H3/b7-4+. The minimum atomic E-state index is 0.856. The molecule has 0 saturated carbocycles. The average molecular weight is 279 g/mol. The third-order valence-electron chi connectivity index (χ3n) is 2.95.